The van der Waals surface area contributed by atoms with E-state index < -0.39 is 22.9 Å². The normalized spacial score (nSPS) is 18.5. The topological polar surface area (TPSA) is 0 Å². The van der Waals surface area contributed by atoms with Gasteiger partial charge in [0.15, 0.2) is 0 Å². The maximum absolute atomic E-state index is 2.64. The molecule has 0 N–H and O–H groups in total. The van der Waals surface area contributed by atoms with Crippen molar-refractivity contribution < 1.29 is 32.3 Å². The van der Waals surface area contributed by atoms with Crippen LogP contribution in [0.15, 0.2) is 59.2 Å². The molecule has 0 radical (unpaired) electrons. The molecule has 4 rings (SSSR count). The Morgan fingerprint density at radius 1 is 0.543 bits per heavy atom. The molecule has 2 aliphatic rings. The maximum atomic E-state index is 2.64. The number of benzene rings is 2. The minimum absolute atomic E-state index is 0. The molecule has 0 saturated carbocycles. The molecular formula is C30H40F2HfP2. The molecule has 2 aliphatic carbocycles. The Morgan fingerprint density at radius 3 is 1.17 bits per heavy atom. The summed E-state index contributed by atoms with van der Waals surface area (Å²) in [6.07, 6.45) is 5.27. The fraction of sp³-hybridized carbons (Fsp3) is 0.467. The van der Waals surface area contributed by atoms with E-state index in [4.69, 9.17) is 0 Å². The van der Waals surface area contributed by atoms with Crippen molar-refractivity contribution in [3.05, 3.63) is 81.4 Å². The van der Waals surface area contributed by atoms with Crippen LogP contribution in [0.2, 0.25) is 0 Å². The quantitative estimate of drug-likeness (QED) is 0.294. The molecule has 2 aromatic carbocycles. The van der Waals surface area contributed by atoms with Crippen LogP contribution < -0.4 is 9.41 Å². The SMILES string of the molecule is CC(C)P(C1=Cc2ccccc2[CH]1[Hf+2][CH]1C(P(C(C)C)C(C)C)=Cc2ccccc21)C(C)C.[F-].[F-]. The minimum atomic E-state index is -1.14. The largest absolute Gasteiger partial charge is 1.00 e. The third-order valence-electron chi connectivity index (χ3n) is 6.97. The first-order valence-corrected chi connectivity index (χ1v) is 19.7. The van der Waals surface area contributed by atoms with E-state index in [1.165, 1.54) is 11.1 Å². The summed E-state index contributed by atoms with van der Waals surface area (Å²) in [6, 6.07) is 18.7. The smallest absolute Gasteiger partial charge is 1.00 e. The number of fused-ring (bicyclic) bond motifs is 2. The second-order valence-corrected chi connectivity index (χ2v) is 22.8. The van der Waals surface area contributed by atoms with Crippen LogP contribution in [-0.2, 0) is 22.9 Å². The molecule has 5 heteroatoms. The summed E-state index contributed by atoms with van der Waals surface area (Å²) in [5.74, 6) is 0. The second-order valence-electron chi connectivity index (χ2n) is 10.6. The van der Waals surface area contributed by atoms with Gasteiger partial charge in [0.25, 0.3) is 0 Å². The summed E-state index contributed by atoms with van der Waals surface area (Å²) in [6.45, 7) is 19.7. The maximum Gasteiger partial charge on any atom is -1.00 e. The van der Waals surface area contributed by atoms with Gasteiger partial charge in [-0.3, -0.25) is 0 Å². The van der Waals surface area contributed by atoms with Crippen molar-refractivity contribution >= 4 is 28.0 Å². The van der Waals surface area contributed by atoms with Crippen LogP contribution in [0, 0.1) is 0 Å². The summed E-state index contributed by atoms with van der Waals surface area (Å²) in [4.78, 5) is 0. The summed E-state index contributed by atoms with van der Waals surface area (Å²) in [5.41, 5.74) is 9.36. The average Bonchev–Trinajstić information content (AvgIpc) is 3.26. The standard InChI is InChI=1S/2C15H20P.2FH.Hf/c2*1-11(2)16(12(3)4)15-9-13-7-5-6-8-14(13)10-15;;;/h2*5-12H,1-4H3;2*1H;/q;;;;+2/p-2. The molecule has 2 aromatic rings. The Balaban J connectivity index is 0.00000216. The van der Waals surface area contributed by atoms with Gasteiger partial charge < -0.3 is 9.41 Å². The van der Waals surface area contributed by atoms with Crippen LogP contribution >= 0.6 is 15.8 Å². The van der Waals surface area contributed by atoms with Crippen molar-refractivity contribution in [1.82, 2.24) is 0 Å². The van der Waals surface area contributed by atoms with Crippen molar-refractivity contribution in [3.63, 3.8) is 0 Å². The van der Waals surface area contributed by atoms with Gasteiger partial charge in [0.2, 0.25) is 0 Å². The number of halogens is 2. The number of hydrogen-bond acceptors (Lipinski definition) is 0. The third kappa shape index (κ3) is 6.16. The monoisotopic (exact) mass is 680 g/mol. The Labute approximate surface area is 226 Å². The Kier molecular flexibility index (Phi) is 11.3. The Bertz CT molecular complexity index is 958. The number of allylic oxidation sites excluding steroid dienone is 2. The second kappa shape index (κ2) is 12.8. The molecule has 0 fully saturated rings. The van der Waals surface area contributed by atoms with E-state index in [0.29, 0.717) is 0 Å². The fourth-order valence-corrected chi connectivity index (χ4v) is 22.8. The first-order valence-electron chi connectivity index (χ1n) is 12.6. The van der Waals surface area contributed by atoms with E-state index in [9.17, 15) is 0 Å². The zero-order valence-electron chi connectivity index (χ0n) is 22.4. The van der Waals surface area contributed by atoms with Gasteiger partial charge in [0.05, 0.1) is 0 Å². The van der Waals surface area contributed by atoms with E-state index in [1.54, 1.807) is 11.1 Å². The molecule has 0 spiro atoms. The molecule has 35 heavy (non-hydrogen) atoms. The van der Waals surface area contributed by atoms with Gasteiger partial charge in [0, 0.05) is 0 Å². The summed E-state index contributed by atoms with van der Waals surface area (Å²) in [7, 11) is -0.224. The number of hydrogen-bond donors (Lipinski definition) is 0. The van der Waals surface area contributed by atoms with Crippen LogP contribution in [-0.4, -0.2) is 22.6 Å². The van der Waals surface area contributed by atoms with Gasteiger partial charge >= 0.3 is 218 Å². The molecule has 0 aliphatic heterocycles. The summed E-state index contributed by atoms with van der Waals surface area (Å²) < 4.78 is 1.49. The zero-order valence-corrected chi connectivity index (χ0v) is 27.8. The predicted octanol–water partition coefficient (Wildman–Crippen LogP) is 3.87. The summed E-state index contributed by atoms with van der Waals surface area (Å²) in [5, 5.41) is 3.67. The molecule has 0 nitrogen and oxygen atoms in total. The van der Waals surface area contributed by atoms with Gasteiger partial charge in [-0.15, -0.1) is 0 Å². The molecule has 0 saturated heterocycles. The van der Waals surface area contributed by atoms with E-state index >= 15 is 0 Å². The average molecular weight is 679 g/mol. The Morgan fingerprint density at radius 2 is 0.857 bits per heavy atom. The van der Waals surface area contributed by atoms with Crippen molar-refractivity contribution in [2.24, 2.45) is 0 Å². The fourth-order valence-electron chi connectivity index (χ4n) is 5.96. The molecule has 0 amide bonds. The van der Waals surface area contributed by atoms with E-state index in [1.807, 2.05) is 10.6 Å². The van der Waals surface area contributed by atoms with Gasteiger partial charge in [-0.2, -0.15) is 0 Å². The van der Waals surface area contributed by atoms with E-state index in [-0.39, 0.29) is 25.3 Å². The van der Waals surface area contributed by atoms with Crippen molar-refractivity contribution in [2.45, 2.75) is 85.4 Å². The number of rotatable bonds is 8. The molecule has 2 atom stereocenters. The minimum Gasteiger partial charge on any atom is -1.00 e. The zero-order chi connectivity index (χ0) is 23.9. The van der Waals surface area contributed by atoms with Crippen LogP contribution in [0.3, 0.4) is 0 Å². The molecule has 0 bridgehead atoms. The van der Waals surface area contributed by atoms with Gasteiger partial charge in [-0.05, 0) is 0 Å². The van der Waals surface area contributed by atoms with Crippen LogP contribution in [0.4, 0.5) is 0 Å². The Hall–Kier alpha value is -0.490. The summed E-state index contributed by atoms with van der Waals surface area (Å²) >= 11 is -1.14. The van der Waals surface area contributed by atoms with Gasteiger partial charge in [-0.25, -0.2) is 0 Å². The third-order valence-corrected chi connectivity index (χ3v) is 22.0. The van der Waals surface area contributed by atoms with Crippen molar-refractivity contribution in [1.29, 1.82) is 0 Å². The van der Waals surface area contributed by atoms with E-state index in [2.05, 4.69) is 116 Å². The molecule has 2 unspecified atom stereocenters. The first-order chi connectivity index (χ1) is 15.7. The molecule has 188 valence electrons. The van der Waals surface area contributed by atoms with Gasteiger partial charge in [0.1, 0.15) is 0 Å². The first kappa shape index (κ1) is 30.7. The van der Waals surface area contributed by atoms with Gasteiger partial charge in [-0.1, -0.05) is 0 Å². The van der Waals surface area contributed by atoms with E-state index in [0.717, 1.165) is 30.0 Å². The van der Waals surface area contributed by atoms with Crippen LogP contribution in [0.1, 0.15) is 85.0 Å². The van der Waals surface area contributed by atoms with Crippen molar-refractivity contribution in [3.8, 4) is 0 Å². The van der Waals surface area contributed by atoms with Crippen LogP contribution in [0.5, 0.6) is 0 Å². The molecule has 0 heterocycles. The van der Waals surface area contributed by atoms with Crippen molar-refractivity contribution in [2.75, 3.05) is 0 Å². The molecule has 0 aromatic heterocycles. The van der Waals surface area contributed by atoms with Crippen LogP contribution in [0.25, 0.3) is 12.2 Å². The molecular weight excluding hydrogens is 639 g/mol. The predicted molar refractivity (Wildman–Crippen MR) is 149 cm³/mol.